The highest BCUT2D eigenvalue weighted by Gasteiger charge is 2.35. The molecular formula is C35H38BrN3O4S. The van der Waals surface area contributed by atoms with E-state index in [9.17, 15) is 18.0 Å². The molecule has 4 aromatic carbocycles. The van der Waals surface area contributed by atoms with Gasteiger partial charge in [-0.15, -0.1) is 0 Å². The largest absolute Gasteiger partial charge is 0.355 e. The second kappa shape index (κ2) is 14.7. The van der Waals surface area contributed by atoms with Gasteiger partial charge in [0.05, 0.1) is 10.6 Å². The van der Waals surface area contributed by atoms with E-state index in [1.807, 2.05) is 94.4 Å². The number of halogens is 1. The monoisotopic (exact) mass is 675 g/mol. The molecule has 4 aromatic rings. The van der Waals surface area contributed by atoms with Crippen molar-refractivity contribution < 1.29 is 18.0 Å². The van der Waals surface area contributed by atoms with E-state index >= 15 is 0 Å². The first-order valence-electron chi connectivity index (χ1n) is 14.5. The SMILES string of the molecule is CCNC(=O)C(Cc1ccccc1)N(Cc1cccc(Br)c1)C(=O)CN(c1ccc(C)cc1C)S(=O)(=O)c1ccc(C)cc1. The Labute approximate surface area is 269 Å². The summed E-state index contributed by atoms with van der Waals surface area (Å²) in [7, 11) is -4.15. The number of hydrogen-bond donors (Lipinski definition) is 1. The predicted octanol–water partition coefficient (Wildman–Crippen LogP) is 6.35. The molecule has 0 bridgehead atoms. The van der Waals surface area contributed by atoms with E-state index in [0.29, 0.717) is 12.2 Å². The van der Waals surface area contributed by atoms with Gasteiger partial charge in [0.15, 0.2) is 0 Å². The molecule has 4 rings (SSSR count). The molecule has 1 atom stereocenters. The Morgan fingerprint density at radius 3 is 2.11 bits per heavy atom. The summed E-state index contributed by atoms with van der Waals surface area (Å²) in [6, 6.07) is 28.2. The zero-order valence-electron chi connectivity index (χ0n) is 25.5. The quantitative estimate of drug-likeness (QED) is 0.190. The van der Waals surface area contributed by atoms with Crippen molar-refractivity contribution in [3.63, 3.8) is 0 Å². The van der Waals surface area contributed by atoms with E-state index in [0.717, 1.165) is 32.3 Å². The van der Waals surface area contributed by atoms with Gasteiger partial charge in [-0.3, -0.25) is 13.9 Å². The zero-order valence-corrected chi connectivity index (χ0v) is 27.9. The zero-order chi connectivity index (χ0) is 31.9. The van der Waals surface area contributed by atoms with Crippen LogP contribution in [0.1, 0.15) is 34.7 Å². The third-order valence-corrected chi connectivity index (χ3v) is 9.64. The molecule has 0 saturated carbocycles. The van der Waals surface area contributed by atoms with Crippen LogP contribution in [0, 0.1) is 20.8 Å². The Balaban J connectivity index is 1.82. The van der Waals surface area contributed by atoms with Crippen LogP contribution in [0.2, 0.25) is 0 Å². The molecule has 44 heavy (non-hydrogen) atoms. The fourth-order valence-corrected chi connectivity index (χ4v) is 7.04. The standard InChI is InChI=1S/C35H38BrN3O4S/c1-5-37-35(41)33(22-28-10-7-6-8-11-28)38(23-29-12-9-13-30(36)21-29)34(40)24-39(32-19-16-26(3)20-27(32)4)44(42,43)31-17-14-25(2)15-18-31/h6-21,33H,5,22-24H2,1-4H3,(H,37,41). The van der Waals surface area contributed by atoms with Crippen LogP contribution < -0.4 is 9.62 Å². The maximum atomic E-state index is 14.5. The molecule has 1 unspecified atom stereocenters. The van der Waals surface area contributed by atoms with Gasteiger partial charge in [0.1, 0.15) is 12.6 Å². The van der Waals surface area contributed by atoms with E-state index in [2.05, 4.69) is 21.2 Å². The van der Waals surface area contributed by atoms with E-state index in [-0.39, 0.29) is 23.8 Å². The first kappa shape index (κ1) is 33.0. The number of likely N-dealkylation sites (N-methyl/N-ethyl adjacent to an activating group) is 1. The smallest absolute Gasteiger partial charge is 0.264 e. The summed E-state index contributed by atoms with van der Waals surface area (Å²) in [5, 5.41) is 2.89. The lowest BCUT2D eigenvalue weighted by atomic mass is 10.0. The molecule has 0 aliphatic rings. The number of nitrogens with zero attached hydrogens (tertiary/aromatic N) is 2. The number of rotatable bonds is 12. The Hall–Kier alpha value is -3.95. The van der Waals surface area contributed by atoms with E-state index < -0.39 is 28.5 Å². The summed E-state index contributed by atoms with van der Waals surface area (Å²) in [6.07, 6.45) is 0.265. The molecular weight excluding hydrogens is 638 g/mol. The van der Waals surface area contributed by atoms with Crippen molar-refractivity contribution in [1.29, 1.82) is 0 Å². The summed E-state index contributed by atoms with van der Waals surface area (Å²) >= 11 is 3.51. The average Bonchev–Trinajstić information content (AvgIpc) is 2.99. The van der Waals surface area contributed by atoms with Gasteiger partial charge in [-0.25, -0.2) is 8.42 Å². The fraction of sp³-hybridized carbons (Fsp3) is 0.257. The highest BCUT2D eigenvalue weighted by Crippen LogP contribution is 2.29. The van der Waals surface area contributed by atoms with Crippen LogP contribution in [0.3, 0.4) is 0 Å². The summed E-state index contributed by atoms with van der Waals surface area (Å²) in [4.78, 5) is 29.7. The lowest BCUT2D eigenvalue weighted by Gasteiger charge is -2.34. The van der Waals surface area contributed by atoms with Gasteiger partial charge in [0, 0.05) is 24.0 Å². The van der Waals surface area contributed by atoms with Crippen LogP contribution in [0.4, 0.5) is 5.69 Å². The molecule has 0 aromatic heterocycles. The number of sulfonamides is 1. The highest BCUT2D eigenvalue weighted by molar-refractivity contribution is 9.10. The Kier molecular flexibility index (Phi) is 11.0. The molecule has 7 nitrogen and oxygen atoms in total. The fourth-order valence-electron chi connectivity index (χ4n) is 5.11. The third-order valence-electron chi connectivity index (χ3n) is 7.37. The maximum absolute atomic E-state index is 14.5. The molecule has 0 heterocycles. The van der Waals surface area contributed by atoms with Crippen molar-refractivity contribution in [2.75, 3.05) is 17.4 Å². The van der Waals surface area contributed by atoms with Crippen molar-refractivity contribution >= 4 is 43.5 Å². The van der Waals surface area contributed by atoms with Gasteiger partial charge in [-0.1, -0.05) is 93.8 Å². The van der Waals surface area contributed by atoms with Crippen LogP contribution in [0.5, 0.6) is 0 Å². The number of benzene rings is 4. The van der Waals surface area contributed by atoms with Gasteiger partial charge >= 0.3 is 0 Å². The Morgan fingerprint density at radius 1 is 0.818 bits per heavy atom. The van der Waals surface area contributed by atoms with Gasteiger partial charge in [-0.2, -0.15) is 0 Å². The van der Waals surface area contributed by atoms with Crippen molar-refractivity contribution in [3.05, 3.63) is 129 Å². The minimum absolute atomic E-state index is 0.0824. The molecule has 0 fully saturated rings. The Bertz CT molecular complexity index is 1710. The lowest BCUT2D eigenvalue weighted by Crippen LogP contribution is -2.53. The molecule has 230 valence electrons. The molecule has 9 heteroatoms. The normalized spacial score (nSPS) is 11.9. The molecule has 0 aliphatic heterocycles. The van der Waals surface area contributed by atoms with Crippen molar-refractivity contribution in [2.24, 2.45) is 0 Å². The van der Waals surface area contributed by atoms with Crippen LogP contribution in [-0.4, -0.2) is 44.3 Å². The van der Waals surface area contributed by atoms with Crippen LogP contribution >= 0.6 is 15.9 Å². The lowest BCUT2D eigenvalue weighted by molar-refractivity contribution is -0.140. The molecule has 0 radical (unpaired) electrons. The second-order valence-electron chi connectivity index (χ2n) is 10.9. The molecule has 0 saturated heterocycles. The Morgan fingerprint density at radius 2 is 1.48 bits per heavy atom. The number of aryl methyl sites for hydroxylation is 3. The molecule has 0 aliphatic carbocycles. The predicted molar refractivity (Wildman–Crippen MR) is 179 cm³/mol. The van der Waals surface area contributed by atoms with Crippen molar-refractivity contribution in [1.82, 2.24) is 10.2 Å². The summed E-state index contributed by atoms with van der Waals surface area (Å²) in [6.45, 7) is 7.48. The van der Waals surface area contributed by atoms with Gasteiger partial charge in [0.2, 0.25) is 11.8 Å². The highest BCUT2D eigenvalue weighted by atomic mass is 79.9. The van der Waals surface area contributed by atoms with Crippen molar-refractivity contribution in [3.8, 4) is 0 Å². The van der Waals surface area contributed by atoms with Crippen LogP contribution in [0.15, 0.2) is 106 Å². The van der Waals surface area contributed by atoms with Crippen LogP contribution in [-0.2, 0) is 32.6 Å². The number of anilines is 1. The average molecular weight is 677 g/mol. The minimum Gasteiger partial charge on any atom is -0.355 e. The second-order valence-corrected chi connectivity index (χ2v) is 13.6. The maximum Gasteiger partial charge on any atom is 0.264 e. The van der Waals surface area contributed by atoms with Crippen molar-refractivity contribution in [2.45, 2.75) is 51.6 Å². The number of hydrogen-bond acceptors (Lipinski definition) is 4. The van der Waals surface area contributed by atoms with Gasteiger partial charge in [-0.05, 0) is 74.7 Å². The third kappa shape index (κ3) is 8.15. The number of amides is 2. The minimum atomic E-state index is -4.15. The molecule has 0 spiro atoms. The van der Waals surface area contributed by atoms with Gasteiger partial charge in [0.25, 0.3) is 10.0 Å². The number of carbonyl (C=O) groups is 2. The van der Waals surface area contributed by atoms with Crippen LogP contribution in [0.25, 0.3) is 0 Å². The molecule has 1 N–H and O–H groups in total. The first-order chi connectivity index (χ1) is 21.0. The number of carbonyl (C=O) groups excluding carboxylic acids is 2. The summed E-state index contributed by atoms with van der Waals surface area (Å²) in [5.74, 6) is -0.799. The first-order valence-corrected chi connectivity index (χ1v) is 16.7. The molecule has 2 amide bonds. The summed E-state index contributed by atoms with van der Waals surface area (Å²) in [5.41, 5.74) is 4.70. The summed E-state index contributed by atoms with van der Waals surface area (Å²) < 4.78 is 30.4. The van der Waals surface area contributed by atoms with Gasteiger partial charge < -0.3 is 10.2 Å². The van der Waals surface area contributed by atoms with E-state index in [1.54, 1.807) is 30.3 Å². The van der Waals surface area contributed by atoms with E-state index in [4.69, 9.17) is 0 Å². The topological polar surface area (TPSA) is 86.8 Å². The van der Waals surface area contributed by atoms with E-state index in [1.165, 1.54) is 9.21 Å². The number of nitrogens with one attached hydrogen (secondary N) is 1.